The number of amides is 3. The van der Waals surface area contributed by atoms with E-state index in [2.05, 4.69) is 16.0 Å². The molecule has 0 spiro atoms. The van der Waals surface area contributed by atoms with Gasteiger partial charge in [0.05, 0.1) is 88.5 Å². The number of methoxy groups -OCH3 is 1. The van der Waals surface area contributed by atoms with Crippen LogP contribution in [0.25, 0.3) is 0 Å². The molecule has 0 radical (unpaired) electrons. The summed E-state index contributed by atoms with van der Waals surface area (Å²) in [5.41, 5.74) is 0. The highest BCUT2D eigenvalue weighted by Crippen LogP contribution is 2.32. The molecule has 6 unspecified atom stereocenters. The van der Waals surface area contributed by atoms with E-state index in [4.69, 9.17) is 44.6 Å². The molecule has 49 heavy (non-hydrogen) atoms. The summed E-state index contributed by atoms with van der Waals surface area (Å²) in [4.78, 5) is 35.8. The number of rotatable bonds is 16. The molecule has 3 rings (SSSR count). The average Bonchev–Trinajstić information content (AvgIpc) is 3.05. The van der Waals surface area contributed by atoms with Gasteiger partial charge in [0, 0.05) is 39.7 Å². The first-order valence-corrected chi connectivity index (χ1v) is 16.2. The van der Waals surface area contributed by atoms with E-state index in [9.17, 15) is 45.0 Å². The molecule has 20 heteroatoms. The van der Waals surface area contributed by atoms with Crippen molar-refractivity contribution in [3.63, 3.8) is 0 Å². The fourth-order valence-electron chi connectivity index (χ4n) is 6.64. The normalized spacial score (nSPS) is 39.6. The van der Waals surface area contributed by atoms with Gasteiger partial charge in [0.15, 0.2) is 6.29 Å². The number of aliphatic hydroxyl groups is 6. The van der Waals surface area contributed by atoms with E-state index in [0.717, 1.165) is 0 Å². The molecule has 3 aliphatic heterocycles. The molecule has 0 bridgehead atoms. The van der Waals surface area contributed by atoms with Gasteiger partial charge in [0.1, 0.15) is 42.7 Å². The lowest BCUT2D eigenvalue weighted by atomic mass is 9.85. The van der Waals surface area contributed by atoms with Gasteiger partial charge in [-0.15, -0.1) is 0 Å². The van der Waals surface area contributed by atoms with Crippen molar-refractivity contribution < 1.29 is 77.7 Å². The average molecular weight is 732 g/mol. The number of nitrogens with one attached hydrogen (secondary N) is 3. The van der Waals surface area contributed by atoms with Gasteiger partial charge in [-0.3, -0.25) is 18.7 Å². The zero-order valence-corrected chi connectivity index (χ0v) is 28.5. The molecule has 9 N–H and O–H groups in total. The second-order valence-electron chi connectivity index (χ2n) is 12.4. The predicted molar refractivity (Wildman–Crippen MR) is 164 cm³/mol. The van der Waals surface area contributed by atoms with E-state index in [1.54, 1.807) is 0 Å². The van der Waals surface area contributed by atoms with Crippen LogP contribution in [0.1, 0.15) is 20.8 Å². The first kappa shape index (κ1) is 41.6. The van der Waals surface area contributed by atoms with Crippen molar-refractivity contribution in [2.45, 2.75) is 100 Å². The highest BCUT2D eigenvalue weighted by molar-refractivity contribution is 6.07. The molecule has 284 valence electrons. The number of ether oxygens (including phenoxy) is 6. The number of hydrogen-bond acceptors (Lipinski definition) is 16. The summed E-state index contributed by atoms with van der Waals surface area (Å²) >= 11 is 5.96. The van der Waals surface area contributed by atoms with Crippen LogP contribution in [0.15, 0.2) is 0 Å². The largest absolute Gasteiger partial charge is 0.394 e. The smallest absolute Gasteiger partial charge is 0.217 e. The van der Waals surface area contributed by atoms with Crippen molar-refractivity contribution in [3.8, 4) is 0 Å². The standard InChI is InChI=1S/C29H50ClN3O16/c1-12(37)31-22-20(47-19(7-36)25(40)26(22)41)10-45-9-16-17(5-34)46-21(23(28(16)49-30)32-13(2)38)11-44-8-15-18(6-35)48-29(42)24(27(15)43-4)33-14(3)39/h15-29,34-36,40-42H,5-11H2,1-4H3,(H,31,37)(H,32,38)(H,33,39)/t15-,16+,17?,18?,19?,20+,21+,22?,23?,24?,25-,26-,27+,28+,29-/m1/s1. The van der Waals surface area contributed by atoms with Gasteiger partial charge in [0.2, 0.25) is 17.7 Å². The van der Waals surface area contributed by atoms with Crippen LogP contribution in [0.2, 0.25) is 0 Å². The van der Waals surface area contributed by atoms with Crippen LogP contribution in [0, 0.1) is 11.8 Å². The minimum absolute atomic E-state index is 0.103. The Morgan fingerprint density at radius 3 is 1.55 bits per heavy atom. The van der Waals surface area contributed by atoms with E-state index in [1.807, 2.05) is 0 Å². The van der Waals surface area contributed by atoms with E-state index >= 15 is 0 Å². The fraction of sp³-hybridized carbons (Fsp3) is 0.897. The van der Waals surface area contributed by atoms with E-state index < -0.39 is 129 Å². The number of aliphatic hydroxyl groups excluding tert-OH is 6. The second kappa shape index (κ2) is 19.7. The lowest BCUT2D eigenvalue weighted by Gasteiger charge is -2.46. The summed E-state index contributed by atoms with van der Waals surface area (Å²) < 4.78 is 40.1. The quantitative estimate of drug-likeness (QED) is 0.0721. The first-order chi connectivity index (χ1) is 23.3. The molecule has 15 atom stereocenters. The third-order valence-corrected chi connectivity index (χ3v) is 9.14. The molecule has 3 aliphatic rings. The van der Waals surface area contributed by atoms with Crippen LogP contribution in [0.5, 0.6) is 0 Å². The summed E-state index contributed by atoms with van der Waals surface area (Å²) in [5.74, 6) is -2.84. The molecule has 3 amide bonds. The van der Waals surface area contributed by atoms with Crippen LogP contribution in [0.3, 0.4) is 0 Å². The van der Waals surface area contributed by atoms with Gasteiger partial charge in [-0.05, 0) is 0 Å². The molecule has 3 heterocycles. The maximum atomic E-state index is 12.3. The van der Waals surface area contributed by atoms with Crippen molar-refractivity contribution in [2.24, 2.45) is 11.8 Å². The summed E-state index contributed by atoms with van der Waals surface area (Å²) in [6.07, 6.45) is -11.1. The van der Waals surface area contributed by atoms with Crippen LogP contribution in [-0.4, -0.2) is 181 Å². The van der Waals surface area contributed by atoms with Gasteiger partial charge in [0.25, 0.3) is 0 Å². The molecule has 19 nitrogen and oxygen atoms in total. The molecular formula is C29H50ClN3O16. The molecule has 0 aromatic rings. The summed E-state index contributed by atoms with van der Waals surface area (Å²) in [6, 6.07) is -2.96. The van der Waals surface area contributed by atoms with Gasteiger partial charge in [-0.2, -0.15) is 0 Å². The van der Waals surface area contributed by atoms with Gasteiger partial charge in [-0.1, -0.05) is 0 Å². The van der Waals surface area contributed by atoms with Crippen molar-refractivity contribution in [1.29, 1.82) is 0 Å². The van der Waals surface area contributed by atoms with Gasteiger partial charge >= 0.3 is 0 Å². The lowest BCUT2D eigenvalue weighted by Crippen LogP contribution is -2.65. The molecule has 0 aromatic heterocycles. The Labute approximate surface area is 288 Å². The van der Waals surface area contributed by atoms with E-state index in [-0.39, 0.29) is 26.4 Å². The summed E-state index contributed by atoms with van der Waals surface area (Å²) in [6.45, 7) is 1.45. The Morgan fingerprint density at radius 2 is 1.06 bits per heavy atom. The molecule has 3 saturated heterocycles. The third-order valence-electron chi connectivity index (χ3n) is 8.94. The van der Waals surface area contributed by atoms with Crippen molar-refractivity contribution in [2.75, 3.05) is 53.4 Å². The van der Waals surface area contributed by atoms with Crippen molar-refractivity contribution in [1.82, 2.24) is 16.0 Å². The maximum absolute atomic E-state index is 12.3. The Hall–Kier alpha value is -1.82. The fourth-order valence-corrected chi connectivity index (χ4v) is 6.88. The minimum Gasteiger partial charge on any atom is -0.394 e. The van der Waals surface area contributed by atoms with Crippen LogP contribution < -0.4 is 16.0 Å². The Morgan fingerprint density at radius 1 is 0.612 bits per heavy atom. The zero-order valence-electron chi connectivity index (χ0n) is 27.8. The number of halogens is 1. The molecular weight excluding hydrogens is 682 g/mol. The Bertz CT molecular complexity index is 1060. The molecule has 3 fully saturated rings. The molecule has 0 saturated carbocycles. The predicted octanol–water partition coefficient (Wildman–Crippen LogP) is -4.73. The van der Waals surface area contributed by atoms with Gasteiger partial charge < -0.3 is 75.0 Å². The number of carbonyl (C=O) groups is 3. The highest BCUT2D eigenvalue weighted by atomic mass is 35.5. The highest BCUT2D eigenvalue weighted by Gasteiger charge is 2.50. The van der Waals surface area contributed by atoms with Crippen LogP contribution in [-0.2, 0) is 47.1 Å². The molecule has 0 aliphatic carbocycles. The van der Waals surface area contributed by atoms with Crippen LogP contribution in [0.4, 0.5) is 0 Å². The topological polar surface area (TPSA) is 273 Å². The van der Waals surface area contributed by atoms with E-state index in [1.165, 1.54) is 27.9 Å². The summed E-state index contributed by atoms with van der Waals surface area (Å²) in [7, 11) is 1.38. The van der Waals surface area contributed by atoms with Crippen molar-refractivity contribution >= 4 is 29.6 Å². The van der Waals surface area contributed by atoms with E-state index in [0.29, 0.717) is 0 Å². The minimum atomic E-state index is -1.47. The van der Waals surface area contributed by atoms with Gasteiger partial charge in [-0.25, -0.2) is 0 Å². The summed E-state index contributed by atoms with van der Waals surface area (Å²) in [5, 5.41) is 68.9. The third kappa shape index (κ3) is 10.6. The van der Waals surface area contributed by atoms with Crippen molar-refractivity contribution in [3.05, 3.63) is 0 Å². The SMILES string of the molecule is CO[C@@H]1C(NC(C)=O)[C@H](O)OC(CO)[C@H]1COC[C@@H]1OC(CO)[C@H](COC[C@@H]2OC(CO)[C@@H](O)[C@H](O)C2NC(C)=O)[C@H](OCl)C1NC(C)=O. The molecule has 0 aromatic carbocycles. The second-order valence-corrected chi connectivity index (χ2v) is 12.5. The number of hydrogen-bond donors (Lipinski definition) is 9. The first-order valence-electron chi connectivity index (χ1n) is 15.9. The Balaban J connectivity index is 1.72. The maximum Gasteiger partial charge on any atom is 0.217 e. The Kier molecular flexibility index (Phi) is 16.7. The van der Waals surface area contributed by atoms with Crippen LogP contribution >= 0.6 is 11.9 Å². The number of carbonyl (C=O) groups excluding carboxylic acids is 3. The zero-order chi connectivity index (χ0) is 36.4. The monoisotopic (exact) mass is 731 g/mol. The lowest BCUT2D eigenvalue weighted by molar-refractivity contribution is -0.252.